The molecule has 2 unspecified atom stereocenters. The van der Waals surface area contributed by atoms with Gasteiger partial charge < -0.3 is 10.1 Å². The lowest BCUT2D eigenvalue weighted by Gasteiger charge is -2.39. The number of ketones is 1. The fourth-order valence-electron chi connectivity index (χ4n) is 3.57. The van der Waals surface area contributed by atoms with Gasteiger partial charge in [0, 0.05) is 24.1 Å². The van der Waals surface area contributed by atoms with Crippen molar-refractivity contribution >= 4 is 5.78 Å². The van der Waals surface area contributed by atoms with E-state index < -0.39 is 0 Å². The first-order valence-corrected chi connectivity index (χ1v) is 7.31. The lowest BCUT2D eigenvalue weighted by Crippen LogP contribution is -2.50. The van der Waals surface area contributed by atoms with Gasteiger partial charge in [-0.2, -0.15) is 0 Å². The van der Waals surface area contributed by atoms with Crippen LogP contribution in [0.5, 0.6) is 5.75 Å². The molecule has 2 aliphatic heterocycles. The van der Waals surface area contributed by atoms with Crippen molar-refractivity contribution in [3.8, 4) is 5.75 Å². The quantitative estimate of drug-likeness (QED) is 0.863. The summed E-state index contributed by atoms with van der Waals surface area (Å²) in [6, 6.07) is 5.09. The first-order valence-electron chi connectivity index (χ1n) is 7.31. The molecule has 1 N–H and O–H groups in total. The summed E-state index contributed by atoms with van der Waals surface area (Å²) in [5.41, 5.74) is 0.513. The molecule has 2 atom stereocenters. The summed E-state index contributed by atoms with van der Waals surface area (Å²) < 4.78 is 18.4. The van der Waals surface area contributed by atoms with E-state index in [-0.39, 0.29) is 17.5 Å². The van der Waals surface area contributed by atoms with E-state index in [1.165, 1.54) is 25.7 Å². The van der Waals surface area contributed by atoms with Gasteiger partial charge in [-0.1, -0.05) is 6.42 Å². The Morgan fingerprint density at radius 1 is 1.30 bits per heavy atom. The van der Waals surface area contributed by atoms with Gasteiger partial charge in [0.05, 0.1) is 12.7 Å². The van der Waals surface area contributed by atoms with E-state index in [2.05, 4.69) is 5.32 Å². The van der Waals surface area contributed by atoms with Crippen molar-refractivity contribution in [2.45, 2.75) is 44.2 Å². The number of benzene rings is 1. The fraction of sp³-hybridized carbons (Fsp3) is 0.562. The Kier molecular flexibility index (Phi) is 3.74. The molecule has 2 saturated heterocycles. The summed E-state index contributed by atoms with van der Waals surface area (Å²) in [5, 5.41) is 3.58. The molecule has 0 amide bonds. The SMILES string of the molecule is COc1cc(F)ccc1C(=O)C1CC2CCCC(C1)N2. The molecule has 2 heterocycles. The van der Waals surface area contributed by atoms with E-state index in [1.54, 1.807) is 6.07 Å². The molecule has 0 aromatic heterocycles. The van der Waals surface area contributed by atoms with Crippen LogP contribution in [0.3, 0.4) is 0 Å². The third kappa shape index (κ3) is 2.57. The van der Waals surface area contributed by atoms with Crippen molar-refractivity contribution in [3.05, 3.63) is 29.6 Å². The van der Waals surface area contributed by atoms with Crippen LogP contribution in [0, 0.1) is 11.7 Å². The maximum absolute atomic E-state index is 13.2. The van der Waals surface area contributed by atoms with Gasteiger partial charge in [0.2, 0.25) is 0 Å². The lowest BCUT2D eigenvalue weighted by atomic mass is 9.77. The molecule has 2 aliphatic rings. The Balaban J connectivity index is 1.82. The molecule has 0 radical (unpaired) electrons. The van der Waals surface area contributed by atoms with Crippen molar-refractivity contribution in [1.82, 2.24) is 5.32 Å². The van der Waals surface area contributed by atoms with Gasteiger partial charge in [-0.25, -0.2) is 4.39 Å². The number of halogens is 1. The molecule has 108 valence electrons. The average Bonchev–Trinajstić information content (AvgIpc) is 2.46. The van der Waals surface area contributed by atoms with Crippen LogP contribution in [-0.2, 0) is 0 Å². The monoisotopic (exact) mass is 277 g/mol. The molecule has 2 fully saturated rings. The molecule has 4 heteroatoms. The lowest BCUT2D eigenvalue weighted by molar-refractivity contribution is 0.0822. The maximum atomic E-state index is 13.2. The molecule has 2 bridgehead atoms. The third-order valence-electron chi connectivity index (χ3n) is 4.51. The van der Waals surface area contributed by atoms with Gasteiger partial charge in [0.15, 0.2) is 5.78 Å². The van der Waals surface area contributed by atoms with E-state index in [0.717, 1.165) is 25.7 Å². The smallest absolute Gasteiger partial charge is 0.169 e. The first-order chi connectivity index (χ1) is 9.67. The van der Waals surface area contributed by atoms with Crippen LogP contribution >= 0.6 is 0 Å². The van der Waals surface area contributed by atoms with Gasteiger partial charge in [0.25, 0.3) is 0 Å². The molecule has 3 rings (SSSR count). The highest BCUT2D eigenvalue weighted by molar-refractivity contribution is 6.00. The third-order valence-corrected chi connectivity index (χ3v) is 4.51. The Labute approximate surface area is 118 Å². The zero-order chi connectivity index (χ0) is 14.1. The second-order valence-electron chi connectivity index (χ2n) is 5.87. The minimum Gasteiger partial charge on any atom is -0.496 e. The molecular weight excluding hydrogens is 257 g/mol. The number of carbonyl (C=O) groups excluding carboxylic acids is 1. The number of methoxy groups -OCH3 is 1. The average molecular weight is 277 g/mol. The molecular formula is C16H20FNO2. The van der Waals surface area contributed by atoms with Crippen molar-refractivity contribution in [2.24, 2.45) is 5.92 Å². The maximum Gasteiger partial charge on any atom is 0.169 e. The van der Waals surface area contributed by atoms with Crippen LogP contribution in [0.15, 0.2) is 18.2 Å². The highest BCUT2D eigenvalue weighted by atomic mass is 19.1. The summed E-state index contributed by atoms with van der Waals surface area (Å²) in [4.78, 5) is 12.7. The van der Waals surface area contributed by atoms with E-state index in [4.69, 9.17) is 4.74 Å². The van der Waals surface area contributed by atoms with Crippen LogP contribution < -0.4 is 10.1 Å². The zero-order valence-electron chi connectivity index (χ0n) is 11.7. The second kappa shape index (κ2) is 5.52. The van der Waals surface area contributed by atoms with Gasteiger partial charge in [-0.05, 0) is 37.8 Å². The van der Waals surface area contributed by atoms with Gasteiger partial charge in [-0.15, -0.1) is 0 Å². The number of rotatable bonds is 3. The normalized spacial score (nSPS) is 29.0. The number of hydrogen-bond acceptors (Lipinski definition) is 3. The first kappa shape index (κ1) is 13.6. The molecule has 20 heavy (non-hydrogen) atoms. The summed E-state index contributed by atoms with van der Waals surface area (Å²) in [7, 11) is 1.47. The largest absolute Gasteiger partial charge is 0.496 e. The van der Waals surface area contributed by atoms with Crippen molar-refractivity contribution in [1.29, 1.82) is 0 Å². The molecule has 0 saturated carbocycles. The number of nitrogens with one attached hydrogen (secondary N) is 1. The van der Waals surface area contributed by atoms with E-state index in [9.17, 15) is 9.18 Å². The highest BCUT2D eigenvalue weighted by Crippen LogP contribution is 2.33. The Morgan fingerprint density at radius 3 is 2.65 bits per heavy atom. The van der Waals surface area contributed by atoms with Crippen LogP contribution in [0.25, 0.3) is 0 Å². The van der Waals surface area contributed by atoms with Gasteiger partial charge in [0.1, 0.15) is 11.6 Å². The van der Waals surface area contributed by atoms with Crippen LogP contribution in [-0.4, -0.2) is 25.0 Å². The van der Waals surface area contributed by atoms with E-state index in [0.29, 0.717) is 23.4 Å². The number of Topliss-reactive ketones (excluding diaryl/α,β-unsaturated/α-hetero) is 1. The minimum atomic E-state index is -0.374. The topological polar surface area (TPSA) is 38.3 Å². The minimum absolute atomic E-state index is 0.0333. The number of piperidine rings is 2. The summed E-state index contributed by atoms with van der Waals surface area (Å²) in [5.74, 6) is 0.102. The number of carbonyl (C=O) groups is 1. The van der Waals surface area contributed by atoms with E-state index >= 15 is 0 Å². The Morgan fingerprint density at radius 2 is 2.00 bits per heavy atom. The molecule has 1 aromatic rings. The van der Waals surface area contributed by atoms with Crippen LogP contribution in [0.1, 0.15) is 42.5 Å². The van der Waals surface area contributed by atoms with E-state index in [1.807, 2.05) is 0 Å². The van der Waals surface area contributed by atoms with Crippen molar-refractivity contribution in [2.75, 3.05) is 7.11 Å². The Bertz CT molecular complexity index is 505. The summed E-state index contributed by atoms with van der Waals surface area (Å²) >= 11 is 0. The van der Waals surface area contributed by atoms with Crippen molar-refractivity contribution in [3.63, 3.8) is 0 Å². The van der Waals surface area contributed by atoms with Crippen molar-refractivity contribution < 1.29 is 13.9 Å². The number of ether oxygens (including phenoxy) is 1. The molecule has 3 nitrogen and oxygen atoms in total. The van der Waals surface area contributed by atoms with Crippen LogP contribution in [0.4, 0.5) is 4.39 Å². The standard InChI is InChI=1S/C16H20FNO2/c1-20-15-9-11(17)5-6-14(15)16(19)10-7-12-3-2-4-13(8-10)18-12/h5-6,9-10,12-13,18H,2-4,7-8H2,1H3. The summed E-state index contributed by atoms with van der Waals surface area (Å²) in [6.07, 6.45) is 5.33. The van der Waals surface area contributed by atoms with Crippen LogP contribution in [0.2, 0.25) is 0 Å². The second-order valence-corrected chi connectivity index (χ2v) is 5.87. The number of fused-ring (bicyclic) bond motifs is 2. The fourth-order valence-corrected chi connectivity index (χ4v) is 3.57. The zero-order valence-corrected chi connectivity index (χ0v) is 11.7. The number of hydrogen-bond donors (Lipinski definition) is 1. The summed E-state index contributed by atoms with van der Waals surface area (Å²) in [6.45, 7) is 0. The molecule has 1 aromatic carbocycles. The predicted molar refractivity (Wildman–Crippen MR) is 74.6 cm³/mol. The molecule has 0 spiro atoms. The highest BCUT2D eigenvalue weighted by Gasteiger charge is 2.35. The Hall–Kier alpha value is -1.42. The molecule has 0 aliphatic carbocycles. The van der Waals surface area contributed by atoms with Gasteiger partial charge >= 0.3 is 0 Å². The van der Waals surface area contributed by atoms with Gasteiger partial charge in [-0.3, -0.25) is 4.79 Å². The predicted octanol–water partition coefficient (Wildman–Crippen LogP) is 2.94.